The van der Waals surface area contributed by atoms with E-state index in [0.717, 1.165) is 17.7 Å². The molecular formula is C14H20N2O2. The van der Waals surface area contributed by atoms with Gasteiger partial charge in [-0.2, -0.15) is 0 Å². The second-order valence-corrected chi connectivity index (χ2v) is 5.29. The lowest BCUT2D eigenvalue weighted by atomic mass is 10.0. The van der Waals surface area contributed by atoms with Crippen molar-refractivity contribution in [3.05, 3.63) is 17.7 Å². The number of nitrogens with two attached hydrogens (primary N) is 1. The van der Waals surface area contributed by atoms with Gasteiger partial charge in [-0.25, -0.2) is 0 Å². The van der Waals surface area contributed by atoms with Crippen molar-refractivity contribution in [3.63, 3.8) is 0 Å². The molecule has 4 heteroatoms. The van der Waals surface area contributed by atoms with Gasteiger partial charge in [0.15, 0.2) is 11.9 Å². The average Bonchev–Trinajstić information content (AvgIpc) is 2.27. The van der Waals surface area contributed by atoms with Crippen molar-refractivity contribution in [2.75, 3.05) is 17.7 Å². The van der Waals surface area contributed by atoms with Crippen LogP contribution in [0.15, 0.2) is 12.1 Å². The van der Waals surface area contributed by atoms with Gasteiger partial charge in [0.05, 0.1) is 11.4 Å². The molecule has 0 aromatic heterocycles. The van der Waals surface area contributed by atoms with Gasteiger partial charge in [-0.1, -0.05) is 13.8 Å². The first-order valence-electron chi connectivity index (χ1n) is 6.26. The highest BCUT2D eigenvalue weighted by Gasteiger charge is 2.30. The number of nitrogen functional groups attached to an aromatic ring is 1. The first kappa shape index (κ1) is 12.7. The molecule has 0 spiro atoms. The fourth-order valence-electron chi connectivity index (χ4n) is 2.28. The summed E-state index contributed by atoms with van der Waals surface area (Å²) in [4.78, 5) is 13.5. The molecular weight excluding hydrogens is 228 g/mol. The van der Waals surface area contributed by atoms with Crippen molar-refractivity contribution in [1.82, 2.24) is 0 Å². The van der Waals surface area contributed by atoms with E-state index in [9.17, 15) is 4.79 Å². The molecule has 1 aliphatic heterocycles. The summed E-state index contributed by atoms with van der Waals surface area (Å²) in [5.74, 6) is 1.13. The Morgan fingerprint density at radius 3 is 2.72 bits per heavy atom. The summed E-state index contributed by atoms with van der Waals surface area (Å²) < 4.78 is 5.59. The first-order chi connectivity index (χ1) is 8.40. The molecule has 0 fully saturated rings. The lowest BCUT2D eigenvalue weighted by Crippen LogP contribution is -2.42. The average molecular weight is 248 g/mol. The quantitative estimate of drug-likeness (QED) is 0.816. The molecule has 18 heavy (non-hydrogen) atoms. The van der Waals surface area contributed by atoms with E-state index in [0.29, 0.717) is 17.4 Å². The van der Waals surface area contributed by atoms with E-state index in [1.807, 2.05) is 12.1 Å². The first-order valence-corrected chi connectivity index (χ1v) is 6.26. The highest BCUT2D eigenvalue weighted by atomic mass is 16.5. The van der Waals surface area contributed by atoms with E-state index in [4.69, 9.17) is 10.5 Å². The van der Waals surface area contributed by atoms with Crippen LogP contribution in [0, 0.1) is 5.92 Å². The van der Waals surface area contributed by atoms with E-state index in [-0.39, 0.29) is 5.91 Å². The summed E-state index contributed by atoms with van der Waals surface area (Å²) in [6, 6.07) is 3.94. The number of carbonyl (C=O) groups is 1. The maximum atomic E-state index is 11.9. The third-order valence-electron chi connectivity index (χ3n) is 3.14. The van der Waals surface area contributed by atoms with Gasteiger partial charge in [-0.05, 0) is 37.0 Å². The molecule has 1 heterocycles. The second-order valence-electron chi connectivity index (χ2n) is 5.29. The normalized spacial score (nSPS) is 18.8. The number of ether oxygens (including phenoxy) is 1. The fraction of sp³-hybridized carbons (Fsp3) is 0.500. The molecule has 1 aromatic carbocycles. The molecule has 4 nitrogen and oxygen atoms in total. The van der Waals surface area contributed by atoms with Gasteiger partial charge >= 0.3 is 0 Å². The van der Waals surface area contributed by atoms with E-state index in [1.54, 1.807) is 18.9 Å². The Labute approximate surface area is 108 Å². The van der Waals surface area contributed by atoms with Crippen LogP contribution in [-0.4, -0.2) is 19.1 Å². The molecule has 0 aliphatic carbocycles. The highest BCUT2D eigenvalue weighted by Crippen LogP contribution is 2.39. The van der Waals surface area contributed by atoms with E-state index < -0.39 is 6.10 Å². The van der Waals surface area contributed by atoms with Crippen LogP contribution in [0.3, 0.4) is 0 Å². The minimum absolute atomic E-state index is 0.0383. The van der Waals surface area contributed by atoms with Crippen molar-refractivity contribution < 1.29 is 9.53 Å². The van der Waals surface area contributed by atoms with Gasteiger partial charge in [0.1, 0.15) is 0 Å². The van der Waals surface area contributed by atoms with E-state index in [1.165, 1.54) is 0 Å². The summed E-state index contributed by atoms with van der Waals surface area (Å²) in [6.45, 7) is 6.05. The summed E-state index contributed by atoms with van der Waals surface area (Å²) in [7, 11) is 1.76. The predicted molar refractivity (Wildman–Crippen MR) is 72.9 cm³/mol. The number of hydrogen-bond donors (Lipinski definition) is 1. The molecule has 0 bridgehead atoms. The largest absolute Gasteiger partial charge is 0.477 e. The minimum Gasteiger partial charge on any atom is -0.477 e. The predicted octanol–water partition coefficient (Wildman–Crippen LogP) is 2.21. The van der Waals surface area contributed by atoms with Crippen LogP contribution in [-0.2, 0) is 11.2 Å². The van der Waals surface area contributed by atoms with Crippen molar-refractivity contribution in [3.8, 4) is 5.75 Å². The summed E-state index contributed by atoms with van der Waals surface area (Å²) in [5, 5.41) is 0. The zero-order valence-electron chi connectivity index (χ0n) is 11.4. The fourth-order valence-corrected chi connectivity index (χ4v) is 2.28. The Morgan fingerprint density at radius 2 is 2.11 bits per heavy atom. The summed E-state index contributed by atoms with van der Waals surface area (Å²) in [5.41, 5.74) is 8.54. The molecule has 1 amide bonds. The molecule has 0 saturated carbocycles. The Bertz CT molecular complexity index is 483. The number of rotatable bonds is 2. The van der Waals surface area contributed by atoms with Gasteiger partial charge in [0, 0.05) is 7.05 Å². The Kier molecular flexibility index (Phi) is 3.20. The summed E-state index contributed by atoms with van der Waals surface area (Å²) in [6.07, 6.45) is 0.468. The van der Waals surface area contributed by atoms with Crippen LogP contribution in [0.2, 0.25) is 0 Å². The SMILES string of the molecule is CC(C)Cc1cc(N)c2c(c1)N(C)C(=O)C(C)O2. The molecule has 1 aromatic rings. The van der Waals surface area contributed by atoms with Crippen LogP contribution < -0.4 is 15.4 Å². The Morgan fingerprint density at radius 1 is 1.44 bits per heavy atom. The number of fused-ring (bicyclic) bond motifs is 1. The third-order valence-corrected chi connectivity index (χ3v) is 3.14. The molecule has 1 unspecified atom stereocenters. The van der Waals surface area contributed by atoms with Crippen LogP contribution in [0.1, 0.15) is 26.3 Å². The zero-order chi connectivity index (χ0) is 13.4. The van der Waals surface area contributed by atoms with E-state index in [2.05, 4.69) is 13.8 Å². The number of benzene rings is 1. The zero-order valence-corrected chi connectivity index (χ0v) is 11.4. The maximum Gasteiger partial charge on any atom is 0.267 e. The molecule has 98 valence electrons. The van der Waals surface area contributed by atoms with Gasteiger partial charge in [-0.3, -0.25) is 4.79 Å². The monoisotopic (exact) mass is 248 g/mol. The minimum atomic E-state index is -0.472. The van der Waals surface area contributed by atoms with Crippen molar-refractivity contribution in [2.24, 2.45) is 5.92 Å². The number of nitrogens with zero attached hydrogens (tertiary/aromatic N) is 1. The number of carbonyl (C=O) groups excluding carboxylic acids is 1. The van der Waals surface area contributed by atoms with E-state index >= 15 is 0 Å². The highest BCUT2D eigenvalue weighted by molar-refractivity contribution is 6.00. The van der Waals surface area contributed by atoms with Crippen molar-refractivity contribution >= 4 is 17.3 Å². The standard InChI is InChI=1S/C14H20N2O2/c1-8(2)5-10-6-11(15)13-12(7-10)16(4)14(17)9(3)18-13/h6-9H,5,15H2,1-4H3. The topological polar surface area (TPSA) is 55.6 Å². The Balaban J connectivity index is 2.46. The summed E-state index contributed by atoms with van der Waals surface area (Å²) >= 11 is 0. The smallest absolute Gasteiger partial charge is 0.267 e. The number of hydrogen-bond acceptors (Lipinski definition) is 3. The molecule has 1 atom stereocenters. The Hall–Kier alpha value is -1.71. The third kappa shape index (κ3) is 2.15. The van der Waals surface area contributed by atoms with Crippen LogP contribution >= 0.6 is 0 Å². The molecule has 2 rings (SSSR count). The van der Waals surface area contributed by atoms with Gasteiger partial charge in [0.2, 0.25) is 0 Å². The molecule has 1 aliphatic rings. The number of likely N-dealkylation sites (N-methyl/N-ethyl adjacent to an activating group) is 1. The van der Waals surface area contributed by atoms with Crippen LogP contribution in [0.4, 0.5) is 11.4 Å². The van der Waals surface area contributed by atoms with Crippen molar-refractivity contribution in [2.45, 2.75) is 33.3 Å². The maximum absolute atomic E-state index is 11.9. The molecule has 0 saturated heterocycles. The number of amides is 1. The lowest BCUT2D eigenvalue weighted by molar-refractivity contribution is -0.125. The van der Waals surface area contributed by atoms with Gasteiger partial charge in [-0.15, -0.1) is 0 Å². The lowest BCUT2D eigenvalue weighted by Gasteiger charge is -2.31. The van der Waals surface area contributed by atoms with Crippen LogP contribution in [0.5, 0.6) is 5.75 Å². The second kappa shape index (κ2) is 4.52. The van der Waals surface area contributed by atoms with Crippen molar-refractivity contribution in [1.29, 1.82) is 0 Å². The van der Waals surface area contributed by atoms with Gasteiger partial charge < -0.3 is 15.4 Å². The molecule has 0 radical (unpaired) electrons. The van der Waals surface area contributed by atoms with Crippen LogP contribution in [0.25, 0.3) is 0 Å². The van der Waals surface area contributed by atoms with Gasteiger partial charge in [0.25, 0.3) is 5.91 Å². The number of anilines is 2. The molecule has 2 N–H and O–H groups in total.